The molecule has 0 unspecified atom stereocenters. The molecule has 0 atom stereocenters. The molecular formula is C27H19F3N2O4S. The Bertz CT molecular complexity index is 1720. The van der Waals surface area contributed by atoms with Crippen LogP contribution in [0.25, 0.3) is 32.8 Å². The Kier molecular flexibility index (Phi) is 6.20. The molecule has 1 aromatic heterocycles. The minimum atomic E-state index is -5.93. The number of aromatic nitrogens is 2. The Labute approximate surface area is 210 Å². The fourth-order valence-electron chi connectivity index (χ4n) is 3.94. The van der Waals surface area contributed by atoms with Gasteiger partial charge in [-0.25, -0.2) is 0 Å². The zero-order valence-corrected chi connectivity index (χ0v) is 20.2. The molecule has 0 amide bonds. The molecule has 0 fully saturated rings. The van der Waals surface area contributed by atoms with Gasteiger partial charge in [0.1, 0.15) is 12.3 Å². The van der Waals surface area contributed by atoms with Gasteiger partial charge in [-0.3, -0.25) is 0 Å². The number of fused-ring (bicyclic) bond motifs is 2. The number of ether oxygens (including phenoxy) is 1. The molecule has 0 aliphatic carbocycles. The molecule has 5 rings (SSSR count). The maximum absolute atomic E-state index is 13.2. The predicted octanol–water partition coefficient (Wildman–Crippen LogP) is 6.57. The van der Waals surface area contributed by atoms with Crippen molar-refractivity contribution in [2.75, 3.05) is 0 Å². The van der Waals surface area contributed by atoms with E-state index in [0.717, 1.165) is 11.1 Å². The van der Waals surface area contributed by atoms with E-state index >= 15 is 0 Å². The van der Waals surface area contributed by atoms with E-state index in [4.69, 9.17) is 4.74 Å². The lowest BCUT2D eigenvalue weighted by molar-refractivity contribution is -0.0499. The van der Waals surface area contributed by atoms with Crippen LogP contribution < -0.4 is 8.92 Å². The molecule has 0 bridgehead atoms. The van der Waals surface area contributed by atoms with E-state index < -0.39 is 21.4 Å². The smallest absolute Gasteiger partial charge is 0.471 e. The third-order valence-corrected chi connectivity index (χ3v) is 6.73. The molecule has 0 saturated heterocycles. The van der Waals surface area contributed by atoms with Gasteiger partial charge in [-0.15, -0.1) is 10.2 Å². The van der Waals surface area contributed by atoms with E-state index in [1.165, 1.54) is 12.1 Å². The second-order valence-electron chi connectivity index (χ2n) is 8.32. The highest BCUT2D eigenvalue weighted by Gasteiger charge is 2.49. The summed E-state index contributed by atoms with van der Waals surface area (Å²) in [7, 11) is -5.93. The van der Waals surface area contributed by atoms with E-state index in [1.807, 2.05) is 31.2 Å². The highest BCUT2D eigenvalue weighted by molar-refractivity contribution is 7.88. The number of halogens is 3. The topological polar surface area (TPSA) is 78.4 Å². The number of nitrogens with zero attached hydrogens (tertiary/aromatic N) is 2. The summed E-state index contributed by atoms with van der Waals surface area (Å²) < 4.78 is 73.8. The third-order valence-electron chi connectivity index (χ3n) is 5.76. The van der Waals surface area contributed by atoms with Gasteiger partial charge < -0.3 is 8.92 Å². The number of hydrogen-bond acceptors (Lipinski definition) is 6. The maximum atomic E-state index is 13.2. The van der Waals surface area contributed by atoms with Gasteiger partial charge in [0, 0.05) is 10.8 Å². The van der Waals surface area contributed by atoms with Gasteiger partial charge in [-0.05, 0) is 35.4 Å². The number of rotatable bonds is 6. The molecule has 1 heterocycles. The predicted molar refractivity (Wildman–Crippen MR) is 134 cm³/mol. The zero-order chi connectivity index (χ0) is 26.2. The van der Waals surface area contributed by atoms with Crippen LogP contribution in [0.1, 0.15) is 11.1 Å². The zero-order valence-electron chi connectivity index (χ0n) is 19.4. The summed E-state index contributed by atoms with van der Waals surface area (Å²) in [6, 6.07) is 24.2. The molecule has 10 heteroatoms. The van der Waals surface area contributed by atoms with Crippen LogP contribution in [0.3, 0.4) is 0 Å². The van der Waals surface area contributed by atoms with Crippen molar-refractivity contribution in [2.45, 2.75) is 19.0 Å². The van der Waals surface area contributed by atoms with Crippen molar-refractivity contribution in [2.24, 2.45) is 0 Å². The van der Waals surface area contributed by atoms with Gasteiger partial charge in [-0.2, -0.15) is 21.6 Å². The SMILES string of the molecule is Cc1ccc(COc2nnc(-c3c(OS(=O)(=O)C(F)(F)F)ccc4ccccc34)c3ccccc23)cc1. The lowest BCUT2D eigenvalue weighted by Crippen LogP contribution is -2.28. The van der Waals surface area contributed by atoms with Crippen molar-refractivity contribution in [3.05, 3.63) is 96.1 Å². The fourth-order valence-corrected chi connectivity index (χ4v) is 4.41. The number of benzene rings is 4. The van der Waals surface area contributed by atoms with E-state index in [2.05, 4.69) is 14.4 Å². The Morgan fingerprint density at radius 2 is 1.43 bits per heavy atom. The first-order valence-electron chi connectivity index (χ1n) is 11.1. The van der Waals surface area contributed by atoms with Gasteiger partial charge >= 0.3 is 15.6 Å². The molecule has 0 spiro atoms. The van der Waals surface area contributed by atoms with Crippen LogP contribution >= 0.6 is 0 Å². The summed E-state index contributed by atoms with van der Waals surface area (Å²) >= 11 is 0. The normalized spacial score (nSPS) is 12.1. The Morgan fingerprint density at radius 3 is 2.14 bits per heavy atom. The van der Waals surface area contributed by atoms with Crippen LogP contribution in [0.4, 0.5) is 13.2 Å². The number of alkyl halides is 3. The van der Waals surface area contributed by atoms with E-state index in [-0.39, 0.29) is 23.7 Å². The molecule has 0 N–H and O–H groups in total. The van der Waals surface area contributed by atoms with Crippen LogP contribution in [0.2, 0.25) is 0 Å². The molecule has 0 aliphatic rings. The Morgan fingerprint density at radius 1 is 0.784 bits per heavy atom. The summed E-state index contributed by atoms with van der Waals surface area (Å²) in [5, 5.41) is 10.6. The van der Waals surface area contributed by atoms with Gasteiger partial charge in [0.2, 0.25) is 5.88 Å². The van der Waals surface area contributed by atoms with Crippen molar-refractivity contribution in [1.29, 1.82) is 0 Å². The van der Waals surface area contributed by atoms with Crippen LogP contribution in [-0.4, -0.2) is 24.1 Å². The quantitative estimate of drug-likeness (QED) is 0.185. The molecule has 0 saturated carbocycles. The average molecular weight is 525 g/mol. The molecule has 5 aromatic rings. The monoisotopic (exact) mass is 524 g/mol. The largest absolute Gasteiger partial charge is 0.534 e. The van der Waals surface area contributed by atoms with Crippen LogP contribution in [-0.2, 0) is 16.7 Å². The third kappa shape index (κ3) is 4.79. The average Bonchev–Trinajstić information content (AvgIpc) is 2.87. The minimum Gasteiger partial charge on any atom is -0.471 e. The van der Waals surface area contributed by atoms with Crippen LogP contribution in [0.15, 0.2) is 84.9 Å². The maximum Gasteiger partial charge on any atom is 0.534 e. The second kappa shape index (κ2) is 9.36. The summed E-state index contributed by atoms with van der Waals surface area (Å²) in [6.07, 6.45) is 0. The minimum absolute atomic E-state index is 0.0692. The van der Waals surface area contributed by atoms with Crippen molar-refractivity contribution >= 4 is 31.7 Å². The first-order valence-corrected chi connectivity index (χ1v) is 12.5. The summed E-state index contributed by atoms with van der Waals surface area (Å²) in [5.74, 6) is -0.283. The standard InChI is InChI=1S/C27H19F3N2O4S/c1-17-10-12-18(13-11-17)16-35-26-22-9-5-4-8-21(22)25(31-32-26)24-20-7-3-2-6-19(20)14-15-23(24)36-37(33,34)27(28,29)30/h2-15H,16H2,1H3. The van der Waals surface area contributed by atoms with Gasteiger partial charge in [0.05, 0.1) is 5.56 Å². The number of hydrogen-bond donors (Lipinski definition) is 0. The lowest BCUT2D eigenvalue weighted by atomic mass is 9.98. The molecule has 0 aliphatic heterocycles. The van der Waals surface area contributed by atoms with Gasteiger partial charge in [0.15, 0.2) is 5.75 Å². The highest BCUT2D eigenvalue weighted by atomic mass is 32.2. The second-order valence-corrected chi connectivity index (χ2v) is 9.85. The van der Waals surface area contributed by atoms with Gasteiger partial charge in [0.25, 0.3) is 0 Å². The number of aryl methyl sites for hydroxylation is 1. The van der Waals surface area contributed by atoms with E-state index in [0.29, 0.717) is 21.5 Å². The molecule has 6 nitrogen and oxygen atoms in total. The highest BCUT2D eigenvalue weighted by Crippen LogP contribution is 2.42. The summed E-state index contributed by atoms with van der Waals surface area (Å²) in [5.41, 5.74) is -3.35. The fraction of sp³-hybridized carbons (Fsp3) is 0.111. The molecule has 37 heavy (non-hydrogen) atoms. The van der Waals surface area contributed by atoms with Crippen LogP contribution in [0, 0.1) is 6.92 Å². The first kappa shape index (κ1) is 24.5. The molecule has 188 valence electrons. The lowest BCUT2D eigenvalue weighted by Gasteiger charge is -2.16. The van der Waals surface area contributed by atoms with Crippen molar-refractivity contribution in [1.82, 2.24) is 10.2 Å². The Hall–Kier alpha value is -4.18. The summed E-state index contributed by atoms with van der Waals surface area (Å²) in [4.78, 5) is 0. The molecular weight excluding hydrogens is 505 g/mol. The molecule has 4 aromatic carbocycles. The van der Waals surface area contributed by atoms with Crippen LogP contribution in [0.5, 0.6) is 11.6 Å². The van der Waals surface area contributed by atoms with E-state index in [9.17, 15) is 21.6 Å². The first-order chi connectivity index (χ1) is 17.6. The van der Waals surface area contributed by atoms with Gasteiger partial charge in [-0.1, -0.05) is 78.4 Å². The Balaban J connectivity index is 1.66. The van der Waals surface area contributed by atoms with Crippen molar-refractivity contribution in [3.8, 4) is 22.9 Å². The van der Waals surface area contributed by atoms with Crippen molar-refractivity contribution in [3.63, 3.8) is 0 Å². The van der Waals surface area contributed by atoms with Crippen molar-refractivity contribution < 1.29 is 30.5 Å². The summed E-state index contributed by atoms with van der Waals surface area (Å²) in [6.45, 7) is 2.21. The van der Waals surface area contributed by atoms with E-state index in [1.54, 1.807) is 48.5 Å². The molecule has 0 radical (unpaired) electrons.